The molecular weight excluding hydrogens is 341 g/mol. The minimum absolute atomic E-state index is 0.0363. The summed E-state index contributed by atoms with van der Waals surface area (Å²) in [6.07, 6.45) is -6.55. The number of rotatable bonds is 5. The molecule has 6 nitrogen and oxygen atoms in total. The molecular formula is C16H19F3N2O4. The van der Waals surface area contributed by atoms with Gasteiger partial charge in [0, 0.05) is 13.2 Å². The summed E-state index contributed by atoms with van der Waals surface area (Å²) in [5.41, 5.74) is 0.782. The van der Waals surface area contributed by atoms with Gasteiger partial charge in [-0.1, -0.05) is 30.3 Å². The van der Waals surface area contributed by atoms with Crippen molar-refractivity contribution in [3.05, 3.63) is 35.9 Å². The zero-order valence-electron chi connectivity index (χ0n) is 13.6. The smallest absolute Gasteiger partial charge is 0.444 e. The van der Waals surface area contributed by atoms with Crippen LogP contribution in [0.4, 0.5) is 18.0 Å². The Morgan fingerprint density at radius 3 is 2.56 bits per heavy atom. The first kappa shape index (κ1) is 19.0. The SMILES string of the molecule is CCO[C@@H]1C(NC(=O)C(F)(F)F)CCN1C(=O)OCc1ccccc1. The van der Waals surface area contributed by atoms with Gasteiger partial charge < -0.3 is 14.8 Å². The van der Waals surface area contributed by atoms with Crippen LogP contribution in [0, 0.1) is 0 Å². The van der Waals surface area contributed by atoms with E-state index in [2.05, 4.69) is 0 Å². The Balaban J connectivity index is 1.97. The second-order valence-electron chi connectivity index (χ2n) is 5.45. The third-order valence-electron chi connectivity index (χ3n) is 3.68. The van der Waals surface area contributed by atoms with E-state index in [0.717, 1.165) is 5.56 Å². The normalized spacial score (nSPS) is 20.4. The van der Waals surface area contributed by atoms with Gasteiger partial charge in [0.1, 0.15) is 6.61 Å². The van der Waals surface area contributed by atoms with Crippen LogP contribution < -0.4 is 5.32 Å². The van der Waals surface area contributed by atoms with Gasteiger partial charge >= 0.3 is 18.2 Å². The average molecular weight is 360 g/mol. The molecule has 1 aromatic carbocycles. The quantitative estimate of drug-likeness (QED) is 0.876. The second-order valence-corrected chi connectivity index (χ2v) is 5.45. The van der Waals surface area contributed by atoms with Crippen molar-refractivity contribution in [3.8, 4) is 0 Å². The first-order valence-corrected chi connectivity index (χ1v) is 7.79. The van der Waals surface area contributed by atoms with Crippen LogP contribution in [-0.4, -0.2) is 48.5 Å². The van der Waals surface area contributed by atoms with E-state index < -0.39 is 30.4 Å². The van der Waals surface area contributed by atoms with Crippen LogP contribution in [0.2, 0.25) is 0 Å². The van der Waals surface area contributed by atoms with Crippen LogP contribution in [-0.2, 0) is 20.9 Å². The zero-order valence-corrected chi connectivity index (χ0v) is 13.6. The molecule has 1 unspecified atom stereocenters. The molecule has 0 spiro atoms. The summed E-state index contributed by atoms with van der Waals surface area (Å²) in [5.74, 6) is -2.05. The van der Waals surface area contributed by atoms with Crippen LogP contribution in [0.15, 0.2) is 30.3 Å². The Bertz CT molecular complexity index is 595. The molecule has 1 heterocycles. The first-order chi connectivity index (χ1) is 11.8. The fourth-order valence-corrected chi connectivity index (χ4v) is 2.53. The van der Waals surface area contributed by atoms with E-state index >= 15 is 0 Å². The lowest BCUT2D eigenvalue weighted by atomic mass is 10.2. The van der Waals surface area contributed by atoms with E-state index in [-0.39, 0.29) is 26.2 Å². The van der Waals surface area contributed by atoms with Crippen LogP contribution in [0.3, 0.4) is 0 Å². The number of carbonyl (C=O) groups excluding carboxylic acids is 2. The van der Waals surface area contributed by atoms with Gasteiger partial charge in [0.05, 0.1) is 6.04 Å². The van der Waals surface area contributed by atoms with Gasteiger partial charge in [-0.3, -0.25) is 9.69 Å². The molecule has 0 bridgehead atoms. The van der Waals surface area contributed by atoms with E-state index in [9.17, 15) is 22.8 Å². The van der Waals surface area contributed by atoms with Gasteiger partial charge in [-0.15, -0.1) is 0 Å². The van der Waals surface area contributed by atoms with Crippen LogP contribution in [0.25, 0.3) is 0 Å². The Morgan fingerprint density at radius 1 is 1.28 bits per heavy atom. The fraction of sp³-hybridized carbons (Fsp3) is 0.500. The molecule has 2 rings (SSSR count). The summed E-state index contributed by atoms with van der Waals surface area (Å²) in [4.78, 5) is 24.5. The maximum atomic E-state index is 12.4. The highest BCUT2D eigenvalue weighted by Gasteiger charge is 2.45. The highest BCUT2D eigenvalue weighted by Crippen LogP contribution is 2.23. The van der Waals surface area contributed by atoms with Gasteiger partial charge in [-0.05, 0) is 18.9 Å². The molecule has 9 heteroatoms. The molecule has 1 aliphatic rings. The number of nitrogens with one attached hydrogen (secondary N) is 1. The van der Waals surface area contributed by atoms with E-state index in [1.165, 1.54) is 4.90 Å². The number of nitrogens with zero attached hydrogens (tertiary/aromatic N) is 1. The van der Waals surface area contributed by atoms with Crippen LogP contribution in [0.5, 0.6) is 0 Å². The summed E-state index contributed by atoms with van der Waals surface area (Å²) in [5, 5.41) is 1.87. The van der Waals surface area contributed by atoms with Crippen molar-refractivity contribution < 1.29 is 32.2 Å². The molecule has 0 aromatic heterocycles. The van der Waals surface area contributed by atoms with Crippen molar-refractivity contribution in [2.24, 2.45) is 0 Å². The number of benzene rings is 1. The van der Waals surface area contributed by atoms with Gasteiger partial charge in [0.15, 0.2) is 6.23 Å². The molecule has 2 atom stereocenters. The minimum Gasteiger partial charge on any atom is -0.444 e. The molecule has 1 fully saturated rings. The Hall–Kier alpha value is -2.29. The van der Waals surface area contributed by atoms with E-state index in [0.29, 0.717) is 0 Å². The highest BCUT2D eigenvalue weighted by molar-refractivity contribution is 5.82. The topological polar surface area (TPSA) is 67.9 Å². The number of amides is 2. The number of carbonyl (C=O) groups is 2. The van der Waals surface area contributed by atoms with Crippen LogP contribution >= 0.6 is 0 Å². The second kappa shape index (κ2) is 8.19. The molecule has 1 N–H and O–H groups in total. The number of likely N-dealkylation sites (tertiary alicyclic amines) is 1. The summed E-state index contributed by atoms with van der Waals surface area (Å²) in [7, 11) is 0. The lowest BCUT2D eigenvalue weighted by molar-refractivity contribution is -0.175. The largest absolute Gasteiger partial charge is 0.471 e. The summed E-state index contributed by atoms with van der Waals surface area (Å²) >= 11 is 0. The standard InChI is InChI=1S/C16H19F3N2O4/c1-2-24-13-12(20-14(22)16(17,18)19)8-9-21(13)15(23)25-10-11-6-4-3-5-7-11/h3-7,12-13H,2,8-10H2,1H3,(H,20,22)/t12?,13-/m1/s1. The maximum Gasteiger partial charge on any atom is 0.471 e. The van der Waals surface area contributed by atoms with E-state index in [1.807, 2.05) is 11.4 Å². The van der Waals surface area contributed by atoms with Gasteiger partial charge in [-0.25, -0.2) is 4.79 Å². The number of alkyl halides is 3. The predicted octanol–water partition coefficient (Wildman–Crippen LogP) is 2.44. The van der Waals surface area contributed by atoms with Gasteiger partial charge in [-0.2, -0.15) is 13.2 Å². The van der Waals surface area contributed by atoms with Crippen molar-refractivity contribution in [2.75, 3.05) is 13.2 Å². The van der Waals surface area contributed by atoms with Crippen molar-refractivity contribution in [1.29, 1.82) is 0 Å². The maximum absolute atomic E-state index is 12.4. The van der Waals surface area contributed by atoms with E-state index in [1.54, 1.807) is 31.2 Å². The van der Waals surface area contributed by atoms with Crippen molar-refractivity contribution >= 4 is 12.0 Å². The Kier molecular flexibility index (Phi) is 6.24. The third-order valence-corrected chi connectivity index (χ3v) is 3.68. The summed E-state index contributed by atoms with van der Waals surface area (Å²) in [6, 6.07) is 8.03. The number of hydrogen-bond donors (Lipinski definition) is 1. The lowest BCUT2D eigenvalue weighted by Crippen LogP contribution is -2.51. The Morgan fingerprint density at radius 2 is 1.96 bits per heavy atom. The number of hydrogen-bond acceptors (Lipinski definition) is 4. The van der Waals surface area contributed by atoms with Crippen molar-refractivity contribution in [3.63, 3.8) is 0 Å². The summed E-state index contributed by atoms with van der Waals surface area (Å²) < 4.78 is 47.8. The van der Waals surface area contributed by atoms with Crippen LogP contribution in [0.1, 0.15) is 18.9 Å². The number of halogens is 3. The molecule has 138 valence electrons. The van der Waals surface area contributed by atoms with Crippen molar-refractivity contribution in [1.82, 2.24) is 10.2 Å². The lowest BCUT2D eigenvalue weighted by Gasteiger charge is -2.27. The predicted molar refractivity (Wildman–Crippen MR) is 81.3 cm³/mol. The molecule has 0 aliphatic carbocycles. The molecule has 2 amide bonds. The average Bonchev–Trinajstić information content (AvgIpc) is 2.96. The summed E-state index contributed by atoms with van der Waals surface area (Å²) in [6.45, 7) is 1.98. The molecule has 0 saturated carbocycles. The molecule has 1 saturated heterocycles. The van der Waals surface area contributed by atoms with E-state index in [4.69, 9.17) is 9.47 Å². The molecule has 0 radical (unpaired) electrons. The first-order valence-electron chi connectivity index (χ1n) is 7.79. The Labute approximate surface area is 142 Å². The minimum atomic E-state index is -4.99. The molecule has 1 aliphatic heterocycles. The van der Waals surface area contributed by atoms with Gasteiger partial charge in [0.2, 0.25) is 0 Å². The third kappa shape index (κ3) is 5.09. The number of ether oxygens (including phenoxy) is 2. The van der Waals surface area contributed by atoms with Crippen molar-refractivity contribution in [2.45, 2.75) is 38.4 Å². The molecule has 1 aromatic rings. The molecule has 25 heavy (non-hydrogen) atoms. The zero-order chi connectivity index (χ0) is 18.4. The monoisotopic (exact) mass is 360 g/mol. The fourth-order valence-electron chi connectivity index (χ4n) is 2.53. The van der Waals surface area contributed by atoms with Gasteiger partial charge in [0.25, 0.3) is 0 Å². The highest BCUT2D eigenvalue weighted by atomic mass is 19.4.